The standard InChI is InChI=1S/C32H44N2O8/c1-9-29(35)39-25-13-11-23(17-27(25)41-30(36)10-2)15-21(3)22(4)16-24-12-14-26(40-31(37)19-33(5)6)28(18-24)42-32(38)20-34(7)8/h11-14,17-18,21-22H,9-10,15-16,19-20H2,1-8H3/t21-,22+/m1/s1. The fraction of sp³-hybridized carbons (Fsp3) is 0.500. The van der Waals surface area contributed by atoms with E-state index in [1.807, 2.05) is 12.1 Å². The molecule has 0 N–H and O–H groups in total. The van der Waals surface area contributed by atoms with Crippen LogP contribution in [0.25, 0.3) is 0 Å². The molecule has 0 aliphatic carbocycles. The van der Waals surface area contributed by atoms with Crippen LogP contribution in [0.3, 0.4) is 0 Å². The van der Waals surface area contributed by atoms with Crippen LogP contribution in [0.5, 0.6) is 23.0 Å². The number of hydrogen-bond acceptors (Lipinski definition) is 10. The van der Waals surface area contributed by atoms with E-state index in [0.717, 1.165) is 11.1 Å². The number of carbonyl (C=O) groups is 4. The van der Waals surface area contributed by atoms with E-state index in [-0.39, 0.29) is 60.8 Å². The summed E-state index contributed by atoms with van der Waals surface area (Å²) in [6.45, 7) is 7.81. The zero-order valence-electron chi connectivity index (χ0n) is 26.0. The van der Waals surface area contributed by atoms with Crippen molar-refractivity contribution in [1.29, 1.82) is 0 Å². The molecule has 2 atom stereocenters. The first-order chi connectivity index (χ1) is 19.8. The maximum absolute atomic E-state index is 12.4. The average Bonchev–Trinajstić information content (AvgIpc) is 2.90. The lowest BCUT2D eigenvalue weighted by Crippen LogP contribution is -2.27. The Hall–Kier alpha value is -3.76. The molecule has 2 aromatic carbocycles. The summed E-state index contributed by atoms with van der Waals surface area (Å²) in [4.78, 5) is 51.9. The number of carbonyl (C=O) groups excluding carboxylic acids is 4. The van der Waals surface area contributed by atoms with Crippen molar-refractivity contribution in [2.24, 2.45) is 11.8 Å². The highest BCUT2D eigenvalue weighted by atomic mass is 16.6. The van der Waals surface area contributed by atoms with Crippen molar-refractivity contribution < 1.29 is 38.1 Å². The zero-order chi connectivity index (χ0) is 31.4. The predicted molar refractivity (Wildman–Crippen MR) is 159 cm³/mol. The first-order valence-corrected chi connectivity index (χ1v) is 14.2. The van der Waals surface area contributed by atoms with E-state index >= 15 is 0 Å². The fourth-order valence-electron chi connectivity index (χ4n) is 4.05. The maximum atomic E-state index is 12.4. The molecule has 10 nitrogen and oxygen atoms in total. The first kappa shape index (κ1) is 34.4. The molecule has 0 unspecified atom stereocenters. The highest BCUT2D eigenvalue weighted by molar-refractivity contribution is 5.78. The van der Waals surface area contributed by atoms with Gasteiger partial charge in [0.1, 0.15) is 0 Å². The van der Waals surface area contributed by atoms with Crippen molar-refractivity contribution in [3.63, 3.8) is 0 Å². The molecule has 0 aliphatic heterocycles. The Morgan fingerprint density at radius 1 is 0.571 bits per heavy atom. The van der Waals surface area contributed by atoms with Crippen molar-refractivity contribution in [2.75, 3.05) is 41.3 Å². The van der Waals surface area contributed by atoms with Crippen LogP contribution in [0, 0.1) is 11.8 Å². The summed E-state index contributed by atoms with van der Waals surface area (Å²) in [5, 5.41) is 0. The van der Waals surface area contributed by atoms with Crippen LogP contribution in [0.1, 0.15) is 51.7 Å². The molecule has 0 amide bonds. The van der Waals surface area contributed by atoms with Gasteiger partial charge in [0.2, 0.25) is 0 Å². The number of nitrogens with zero attached hydrogens (tertiary/aromatic N) is 2. The van der Waals surface area contributed by atoms with Gasteiger partial charge in [-0.15, -0.1) is 0 Å². The van der Waals surface area contributed by atoms with E-state index in [4.69, 9.17) is 18.9 Å². The van der Waals surface area contributed by atoms with Gasteiger partial charge in [-0.3, -0.25) is 29.0 Å². The van der Waals surface area contributed by atoms with E-state index in [1.54, 1.807) is 76.1 Å². The molecule has 2 aromatic rings. The smallest absolute Gasteiger partial charge is 0.325 e. The second-order valence-corrected chi connectivity index (χ2v) is 11.0. The number of rotatable bonds is 15. The minimum atomic E-state index is -0.462. The van der Waals surface area contributed by atoms with Gasteiger partial charge in [-0.25, -0.2) is 0 Å². The third-order valence-electron chi connectivity index (χ3n) is 6.47. The minimum absolute atomic E-state index is 0.0781. The molecule has 0 saturated heterocycles. The maximum Gasteiger partial charge on any atom is 0.325 e. The van der Waals surface area contributed by atoms with Crippen molar-refractivity contribution in [1.82, 2.24) is 9.80 Å². The monoisotopic (exact) mass is 584 g/mol. The van der Waals surface area contributed by atoms with Gasteiger partial charge in [-0.1, -0.05) is 39.8 Å². The van der Waals surface area contributed by atoms with Crippen molar-refractivity contribution in [3.8, 4) is 23.0 Å². The van der Waals surface area contributed by atoms with Crippen molar-refractivity contribution >= 4 is 23.9 Å². The molecule has 10 heteroatoms. The summed E-state index contributed by atoms with van der Waals surface area (Å²) < 4.78 is 21.9. The van der Waals surface area contributed by atoms with E-state index in [9.17, 15) is 19.2 Å². The lowest BCUT2D eigenvalue weighted by Gasteiger charge is -2.21. The normalized spacial score (nSPS) is 12.5. The minimum Gasteiger partial charge on any atom is -0.423 e. The third kappa shape index (κ3) is 11.6. The van der Waals surface area contributed by atoms with Crippen LogP contribution in [0.2, 0.25) is 0 Å². The van der Waals surface area contributed by atoms with Crippen LogP contribution >= 0.6 is 0 Å². The predicted octanol–water partition coefficient (Wildman–Crippen LogP) is 4.31. The van der Waals surface area contributed by atoms with Crippen LogP contribution in [0.4, 0.5) is 0 Å². The summed E-state index contributed by atoms with van der Waals surface area (Å²) >= 11 is 0. The van der Waals surface area contributed by atoms with Gasteiger partial charge < -0.3 is 18.9 Å². The molecule has 0 fully saturated rings. The van der Waals surface area contributed by atoms with E-state index < -0.39 is 23.9 Å². The quantitative estimate of drug-likeness (QED) is 0.222. The Bertz CT molecular complexity index is 1240. The Morgan fingerprint density at radius 2 is 0.905 bits per heavy atom. The number of hydrogen-bond donors (Lipinski definition) is 0. The van der Waals surface area contributed by atoms with Crippen LogP contribution < -0.4 is 18.9 Å². The summed E-state index contributed by atoms with van der Waals surface area (Å²) in [5.74, 6) is -0.500. The van der Waals surface area contributed by atoms with Crippen LogP contribution in [-0.2, 0) is 32.0 Å². The second-order valence-electron chi connectivity index (χ2n) is 11.0. The molecule has 0 spiro atoms. The van der Waals surface area contributed by atoms with Crippen molar-refractivity contribution in [3.05, 3.63) is 47.5 Å². The van der Waals surface area contributed by atoms with E-state index in [2.05, 4.69) is 13.8 Å². The highest BCUT2D eigenvalue weighted by Crippen LogP contribution is 2.33. The molecule has 2 rings (SSSR count). The summed E-state index contributed by atoms with van der Waals surface area (Å²) in [6.07, 6.45) is 1.76. The van der Waals surface area contributed by atoms with E-state index in [0.29, 0.717) is 12.8 Å². The fourth-order valence-corrected chi connectivity index (χ4v) is 4.05. The van der Waals surface area contributed by atoms with Gasteiger partial charge in [0.05, 0.1) is 13.1 Å². The number of ether oxygens (including phenoxy) is 4. The van der Waals surface area contributed by atoms with Crippen LogP contribution in [-0.4, -0.2) is 75.0 Å². The Morgan fingerprint density at radius 3 is 1.26 bits per heavy atom. The summed E-state index contributed by atoms with van der Waals surface area (Å²) in [7, 11) is 7.06. The first-order valence-electron chi connectivity index (χ1n) is 14.2. The third-order valence-corrected chi connectivity index (χ3v) is 6.47. The number of esters is 4. The van der Waals surface area contributed by atoms with Gasteiger partial charge in [-0.2, -0.15) is 0 Å². The van der Waals surface area contributed by atoms with Gasteiger partial charge in [-0.05, 0) is 88.3 Å². The molecule has 42 heavy (non-hydrogen) atoms. The Labute approximate surface area is 248 Å². The SMILES string of the molecule is CCC(=O)Oc1ccc(C[C@@H](C)[C@@H](C)Cc2ccc(OC(=O)CN(C)C)c(OC(=O)CN(C)C)c2)cc1OC(=O)CC. The molecule has 0 aliphatic rings. The molecule has 0 bridgehead atoms. The number of likely N-dealkylation sites (N-methyl/N-ethyl adjacent to an activating group) is 2. The van der Waals surface area contributed by atoms with E-state index in [1.165, 1.54) is 0 Å². The van der Waals surface area contributed by atoms with Gasteiger partial charge in [0, 0.05) is 12.8 Å². The van der Waals surface area contributed by atoms with Crippen LogP contribution in [0.15, 0.2) is 36.4 Å². The Balaban J connectivity index is 2.21. The van der Waals surface area contributed by atoms with Gasteiger partial charge >= 0.3 is 23.9 Å². The lowest BCUT2D eigenvalue weighted by molar-refractivity contribution is -0.137. The molecular weight excluding hydrogens is 540 g/mol. The highest BCUT2D eigenvalue weighted by Gasteiger charge is 2.20. The Kier molecular flexibility index (Phi) is 13.6. The largest absolute Gasteiger partial charge is 0.423 e. The average molecular weight is 585 g/mol. The van der Waals surface area contributed by atoms with Crippen molar-refractivity contribution in [2.45, 2.75) is 53.4 Å². The van der Waals surface area contributed by atoms with Gasteiger partial charge in [0.15, 0.2) is 23.0 Å². The number of benzene rings is 2. The topological polar surface area (TPSA) is 112 Å². The second kappa shape index (κ2) is 16.6. The molecule has 0 radical (unpaired) electrons. The molecular formula is C32H44N2O8. The molecule has 0 aromatic heterocycles. The molecule has 230 valence electrons. The molecule has 0 saturated carbocycles. The summed E-state index contributed by atoms with van der Waals surface area (Å²) in [5.41, 5.74) is 1.86. The molecule has 0 heterocycles. The zero-order valence-corrected chi connectivity index (χ0v) is 26.0. The summed E-state index contributed by atoms with van der Waals surface area (Å²) in [6, 6.07) is 10.5. The van der Waals surface area contributed by atoms with Gasteiger partial charge in [0.25, 0.3) is 0 Å². The lowest BCUT2D eigenvalue weighted by atomic mass is 9.85.